The Bertz CT molecular complexity index is 749. The van der Waals surface area contributed by atoms with E-state index in [1.807, 2.05) is 0 Å². The van der Waals surface area contributed by atoms with Crippen LogP contribution in [0.25, 0.3) is 11.0 Å². The van der Waals surface area contributed by atoms with Crippen molar-refractivity contribution in [3.63, 3.8) is 0 Å². The third-order valence-electron chi connectivity index (χ3n) is 3.40. The summed E-state index contributed by atoms with van der Waals surface area (Å²) in [6.07, 6.45) is 0.872. The molecule has 2 aromatic heterocycles. The average Bonchev–Trinajstić information content (AvgIpc) is 2.46. The van der Waals surface area contributed by atoms with Crippen LogP contribution >= 0.6 is 0 Å². The summed E-state index contributed by atoms with van der Waals surface area (Å²) in [6, 6.07) is 3.47. The highest BCUT2D eigenvalue weighted by molar-refractivity contribution is 5.84. The first kappa shape index (κ1) is 16.4. The number of pyridine rings is 1. The first-order valence-corrected chi connectivity index (χ1v) is 7.00. The smallest absolute Gasteiger partial charge is 0.307 e. The van der Waals surface area contributed by atoms with Gasteiger partial charge in [0.05, 0.1) is 17.9 Å². The summed E-state index contributed by atoms with van der Waals surface area (Å²) in [4.78, 5) is 33.9. The van der Waals surface area contributed by atoms with Crippen molar-refractivity contribution in [2.45, 2.75) is 25.7 Å². The van der Waals surface area contributed by atoms with Gasteiger partial charge in [-0.1, -0.05) is 0 Å². The van der Waals surface area contributed by atoms with E-state index in [-0.39, 0.29) is 24.6 Å². The fourth-order valence-electron chi connectivity index (χ4n) is 2.29. The highest BCUT2D eigenvalue weighted by Crippen LogP contribution is 2.19. The van der Waals surface area contributed by atoms with Gasteiger partial charge in [0.2, 0.25) is 5.95 Å². The molecule has 1 unspecified atom stereocenters. The van der Waals surface area contributed by atoms with Crippen LogP contribution < -0.4 is 11.5 Å². The summed E-state index contributed by atoms with van der Waals surface area (Å²) in [5, 5.41) is 17.7. The lowest BCUT2D eigenvalue weighted by Crippen LogP contribution is -2.18. The maximum Gasteiger partial charge on any atom is 0.307 e. The molecule has 0 aliphatic heterocycles. The van der Waals surface area contributed by atoms with Crippen LogP contribution in [-0.2, 0) is 16.0 Å². The molecule has 0 spiro atoms. The number of carbonyl (C=O) groups is 2. The molecule has 2 heterocycles. The van der Waals surface area contributed by atoms with Gasteiger partial charge >= 0.3 is 11.9 Å². The Morgan fingerprint density at radius 2 is 1.87 bits per heavy atom. The number of hydrogen-bond donors (Lipinski definition) is 4. The topological polar surface area (TPSA) is 165 Å². The average molecular weight is 319 g/mol. The maximum absolute atomic E-state index is 11.0. The minimum Gasteiger partial charge on any atom is -0.481 e. The molecular weight excluding hydrogens is 302 g/mol. The zero-order valence-corrected chi connectivity index (χ0v) is 12.3. The first-order chi connectivity index (χ1) is 10.9. The van der Waals surface area contributed by atoms with Crippen LogP contribution in [0, 0.1) is 5.92 Å². The minimum absolute atomic E-state index is 0.0718. The van der Waals surface area contributed by atoms with Gasteiger partial charge in [0, 0.05) is 5.69 Å². The van der Waals surface area contributed by atoms with Gasteiger partial charge in [-0.05, 0) is 31.4 Å². The van der Waals surface area contributed by atoms with Crippen molar-refractivity contribution in [3.05, 3.63) is 17.8 Å². The van der Waals surface area contributed by atoms with Gasteiger partial charge < -0.3 is 21.7 Å². The number of anilines is 2. The second-order valence-electron chi connectivity index (χ2n) is 5.16. The van der Waals surface area contributed by atoms with Crippen LogP contribution in [0.4, 0.5) is 11.8 Å². The molecule has 9 heteroatoms. The lowest BCUT2D eigenvalue weighted by molar-refractivity contribution is -0.148. The Hall–Kier alpha value is -2.97. The first-order valence-electron chi connectivity index (χ1n) is 7.00. The zero-order chi connectivity index (χ0) is 17.0. The van der Waals surface area contributed by atoms with E-state index in [1.54, 1.807) is 12.1 Å². The van der Waals surface area contributed by atoms with E-state index in [0.29, 0.717) is 29.6 Å². The molecule has 0 saturated carbocycles. The quantitative estimate of drug-likeness (QED) is 0.574. The molecule has 122 valence electrons. The molecule has 2 rings (SSSR count). The number of aryl methyl sites for hydroxylation is 1. The summed E-state index contributed by atoms with van der Waals surface area (Å²) < 4.78 is 0. The Balaban J connectivity index is 2.04. The fraction of sp³-hybridized carbons (Fsp3) is 0.357. The van der Waals surface area contributed by atoms with Crippen LogP contribution in [0.2, 0.25) is 0 Å². The number of nitrogen functional groups attached to an aromatic ring is 2. The molecule has 0 bridgehead atoms. The van der Waals surface area contributed by atoms with Crippen molar-refractivity contribution < 1.29 is 19.8 Å². The van der Waals surface area contributed by atoms with Crippen molar-refractivity contribution in [1.29, 1.82) is 0 Å². The number of aliphatic carboxylic acids is 2. The number of hydrogen-bond acceptors (Lipinski definition) is 7. The molecule has 2 aromatic rings. The molecule has 0 saturated heterocycles. The highest BCUT2D eigenvalue weighted by atomic mass is 16.4. The lowest BCUT2D eigenvalue weighted by Gasteiger charge is -2.09. The number of aromatic nitrogens is 3. The van der Waals surface area contributed by atoms with Crippen molar-refractivity contribution >= 4 is 34.7 Å². The van der Waals surface area contributed by atoms with Gasteiger partial charge in [-0.2, -0.15) is 4.98 Å². The van der Waals surface area contributed by atoms with E-state index >= 15 is 0 Å². The lowest BCUT2D eigenvalue weighted by atomic mass is 9.98. The summed E-state index contributed by atoms with van der Waals surface area (Å²) in [5.74, 6) is -2.87. The SMILES string of the molecule is Nc1nc(N)c2nc(CCCC(CC(=O)O)C(=O)O)ccc2n1. The normalized spacial score (nSPS) is 12.2. The Kier molecular flexibility index (Phi) is 4.89. The summed E-state index contributed by atoms with van der Waals surface area (Å²) >= 11 is 0. The van der Waals surface area contributed by atoms with E-state index < -0.39 is 17.9 Å². The molecule has 1 atom stereocenters. The monoisotopic (exact) mass is 319 g/mol. The molecule has 0 aliphatic rings. The molecule has 9 nitrogen and oxygen atoms in total. The largest absolute Gasteiger partial charge is 0.481 e. The Morgan fingerprint density at radius 3 is 2.52 bits per heavy atom. The summed E-state index contributed by atoms with van der Waals surface area (Å²) in [7, 11) is 0. The third-order valence-corrected chi connectivity index (χ3v) is 3.40. The van der Waals surface area contributed by atoms with Gasteiger partial charge in [0.25, 0.3) is 0 Å². The molecule has 23 heavy (non-hydrogen) atoms. The van der Waals surface area contributed by atoms with Gasteiger partial charge in [0.1, 0.15) is 5.52 Å². The van der Waals surface area contributed by atoms with Crippen molar-refractivity contribution in [1.82, 2.24) is 15.0 Å². The minimum atomic E-state index is -1.12. The van der Waals surface area contributed by atoms with E-state index in [4.69, 9.17) is 21.7 Å². The Labute approximate surface area is 131 Å². The summed E-state index contributed by atoms with van der Waals surface area (Å²) in [6.45, 7) is 0. The van der Waals surface area contributed by atoms with Crippen molar-refractivity contribution in [2.24, 2.45) is 5.92 Å². The highest BCUT2D eigenvalue weighted by Gasteiger charge is 2.20. The van der Waals surface area contributed by atoms with Gasteiger partial charge in [-0.15, -0.1) is 0 Å². The van der Waals surface area contributed by atoms with Crippen LogP contribution in [0.1, 0.15) is 25.0 Å². The van der Waals surface area contributed by atoms with Gasteiger partial charge in [-0.25, -0.2) is 9.97 Å². The Morgan fingerprint density at radius 1 is 1.13 bits per heavy atom. The second-order valence-corrected chi connectivity index (χ2v) is 5.16. The number of carboxylic acids is 2. The predicted molar refractivity (Wildman–Crippen MR) is 82.5 cm³/mol. The van der Waals surface area contributed by atoms with E-state index in [0.717, 1.165) is 0 Å². The third kappa shape index (κ3) is 4.25. The van der Waals surface area contributed by atoms with Crippen LogP contribution in [-0.4, -0.2) is 37.1 Å². The van der Waals surface area contributed by atoms with Gasteiger partial charge in [-0.3, -0.25) is 9.59 Å². The number of nitrogens with zero attached hydrogens (tertiary/aromatic N) is 3. The number of carboxylic acid groups (broad SMARTS) is 2. The molecule has 0 radical (unpaired) electrons. The van der Waals surface area contributed by atoms with E-state index in [2.05, 4.69) is 15.0 Å². The van der Waals surface area contributed by atoms with Crippen LogP contribution in [0.3, 0.4) is 0 Å². The zero-order valence-electron chi connectivity index (χ0n) is 12.3. The molecule has 0 amide bonds. The number of fused-ring (bicyclic) bond motifs is 1. The molecule has 6 N–H and O–H groups in total. The number of rotatable bonds is 7. The molecular formula is C14H17N5O4. The van der Waals surface area contributed by atoms with E-state index in [9.17, 15) is 9.59 Å². The number of nitrogens with two attached hydrogens (primary N) is 2. The van der Waals surface area contributed by atoms with Crippen molar-refractivity contribution in [3.8, 4) is 0 Å². The summed E-state index contributed by atoms with van der Waals surface area (Å²) in [5.41, 5.74) is 13.0. The fourth-order valence-corrected chi connectivity index (χ4v) is 2.29. The molecule has 0 aliphatic carbocycles. The molecule has 0 aromatic carbocycles. The predicted octanol–water partition coefficient (Wildman–Crippen LogP) is 0.687. The second kappa shape index (κ2) is 6.86. The van der Waals surface area contributed by atoms with Crippen LogP contribution in [0.5, 0.6) is 0 Å². The van der Waals surface area contributed by atoms with Crippen molar-refractivity contribution in [2.75, 3.05) is 11.5 Å². The maximum atomic E-state index is 11.0. The van der Waals surface area contributed by atoms with Gasteiger partial charge in [0.15, 0.2) is 5.82 Å². The van der Waals surface area contributed by atoms with Crippen LogP contribution in [0.15, 0.2) is 12.1 Å². The standard InChI is InChI=1S/C14H17N5O4/c15-12-11-9(18-14(16)19-12)5-4-8(17-11)3-1-2-7(13(22)23)6-10(20)21/h4-5,7H,1-3,6H2,(H,20,21)(H,22,23)(H4,15,16,18,19). The van der Waals surface area contributed by atoms with E-state index in [1.165, 1.54) is 0 Å². The molecule has 0 fully saturated rings.